The quantitative estimate of drug-likeness (QED) is 0.755. The van der Waals surface area contributed by atoms with Gasteiger partial charge in [-0.1, -0.05) is 12.1 Å². The third-order valence-corrected chi connectivity index (χ3v) is 3.08. The van der Waals surface area contributed by atoms with Crippen molar-refractivity contribution < 1.29 is 9.09 Å². The van der Waals surface area contributed by atoms with Crippen molar-refractivity contribution in [3.05, 3.63) is 29.3 Å². The van der Waals surface area contributed by atoms with Gasteiger partial charge in [-0.05, 0) is 42.9 Å². The van der Waals surface area contributed by atoms with Crippen molar-refractivity contribution in [2.45, 2.75) is 25.7 Å². The predicted octanol–water partition coefficient (Wildman–Crippen LogP) is 1.97. The monoisotopic (exact) mass is 226 g/mol. The summed E-state index contributed by atoms with van der Waals surface area (Å²) in [6.07, 6.45) is 4.32. The summed E-state index contributed by atoms with van der Waals surface area (Å²) < 4.78 is 16.3. The van der Waals surface area contributed by atoms with Crippen LogP contribution in [0.15, 0.2) is 18.2 Å². The topological polar surface area (TPSA) is 78.3 Å². The van der Waals surface area contributed by atoms with Crippen molar-refractivity contribution in [3.63, 3.8) is 0 Å². The molecule has 0 spiro atoms. The second-order valence-corrected chi connectivity index (χ2v) is 5.31. The molecule has 1 aliphatic carbocycles. The fourth-order valence-electron chi connectivity index (χ4n) is 1.99. The van der Waals surface area contributed by atoms with E-state index in [1.165, 1.54) is 12.0 Å². The molecule has 0 radical (unpaired) electrons. The first kappa shape index (κ1) is 10.7. The van der Waals surface area contributed by atoms with Crippen LogP contribution in [-0.2, 0) is 17.4 Å². The third-order valence-electron chi connectivity index (χ3n) is 2.59. The van der Waals surface area contributed by atoms with Crippen LogP contribution in [0, 0.1) is 0 Å². The zero-order valence-electron chi connectivity index (χ0n) is 8.48. The Morgan fingerprint density at radius 1 is 1.20 bits per heavy atom. The molecule has 2 rings (SSSR count). The Hall–Kier alpha value is -0.830. The molecule has 1 aromatic rings. The summed E-state index contributed by atoms with van der Waals surface area (Å²) in [4.78, 5) is 0. The lowest BCUT2D eigenvalue weighted by atomic mass is 9.91. The summed E-state index contributed by atoms with van der Waals surface area (Å²) >= 11 is 0. The van der Waals surface area contributed by atoms with Crippen LogP contribution in [0.2, 0.25) is 0 Å². The molecule has 4 nitrogen and oxygen atoms in total. The molecule has 15 heavy (non-hydrogen) atoms. The summed E-state index contributed by atoms with van der Waals surface area (Å²) in [6, 6.07) is 5.73. The van der Waals surface area contributed by atoms with Gasteiger partial charge in [0.2, 0.25) is 0 Å². The molecule has 4 N–H and O–H groups in total. The Labute approximate surface area is 89.2 Å². The number of hydrogen-bond acceptors (Lipinski definition) is 2. The number of hydrogen-bond donors (Lipinski definition) is 2. The van der Waals surface area contributed by atoms with E-state index < -0.39 is 7.67 Å². The van der Waals surface area contributed by atoms with Gasteiger partial charge in [0.15, 0.2) is 0 Å². The molecular weight excluding hydrogens is 211 g/mol. The van der Waals surface area contributed by atoms with Gasteiger partial charge in [0.05, 0.1) is 0 Å². The molecule has 5 heteroatoms. The first-order valence-electron chi connectivity index (χ1n) is 5.04. The maximum atomic E-state index is 11.2. The summed E-state index contributed by atoms with van der Waals surface area (Å²) in [5, 5.41) is 0. The molecule has 82 valence electrons. The Bertz CT molecular complexity index is 414. The standard InChI is InChI=1S/C10H15N2O2P/c11-15(12,13)14-10-7-3-5-8-4-1-2-6-9(8)10/h3,5,7H,1-2,4,6H2,(H4,11,12,13). The molecule has 0 aromatic heterocycles. The Morgan fingerprint density at radius 2 is 1.93 bits per heavy atom. The molecule has 0 heterocycles. The molecule has 0 saturated carbocycles. The summed E-state index contributed by atoms with van der Waals surface area (Å²) in [5.41, 5.74) is 12.8. The molecule has 0 amide bonds. The van der Waals surface area contributed by atoms with E-state index in [4.69, 9.17) is 15.5 Å². The van der Waals surface area contributed by atoms with Crippen LogP contribution in [0.1, 0.15) is 24.0 Å². The smallest absolute Gasteiger partial charge is 0.385 e. The summed E-state index contributed by atoms with van der Waals surface area (Å²) in [6.45, 7) is 0. The minimum absolute atomic E-state index is 0.584. The van der Waals surface area contributed by atoms with Gasteiger partial charge in [-0.3, -0.25) is 0 Å². The van der Waals surface area contributed by atoms with Gasteiger partial charge in [-0.2, -0.15) is 0 Å². The fraction of sp³-hybridized carbons (Fsp3) is 0.400. The predicted molar refractivity (Wildman–Crippen MR) is 59.7 cm³/mol. The average molecular weight is 226 g/mol. The van der Waals surface area contributed by atoms with Crippen LogP contribution in [0.3, 0.4) is 0 Å². The molecule has 0 bridgehead atoms. The summed E-state index contributed by atoms with van der Waals surface area (Å²) in [5.74, 6) is 0.584. The van der Waals surface area contributed by atoms with E-state index in [2.05, 4.69) is 6.07 Å². The van der Waals surface area contributed by atoms with Crippen molar-refractivity contribution in [1.29, 1.82) is 0 Å². The number of benzene rings is 1. The highest BCUT2D eigenvalue weighted by Gasteiger charge is 2.18. The molecule has 0 atom stereocenters. The van der Waals surface area contributed by atoms with Crippen molar-refractivity contribution in [3.8, 4) is 5.75 Å². The largest absolute Gasteiger partial charge is 0.422 e. The highest BCUT2D eigenvalue weighted by atomic mass is 31.2. The second-order valence-electron chi connectivity index (χ2n) is 3.84. The normalized spacial score (nSPS) is 15.9. The van der Waals surface area contributed by atoms with Crippen LogP contribution < -0.4 is 15.5 Å². The van der Waals surface area contributed by atoms with E-state index in [0.717, 1.165) is 24.8 Å². The summed E-state index contributed by atoms with van der Waals surface area (Å²) in [7, 11) is -3.43. The van der Waals surface area contributed by atoms with Gasteiger partial charge < -0.3 is 4.52 Å². The van der Waals surface area contributed by atoms with Crippen LogP contribution in [0.5, 0.6) is 5.75 Å². The van der Waals surface area contributed by atoms with Crippen molar-refractivity contribution in [2.24, 2.45) is 11.0 Å². The van der Waals surface area contributed by atoms with Gasteiger partial charge in [-0.25, -0.2) is 15.6 Å². The number of rotatable bonds is 2. The minimum Gasteiger partial charge on any atom is -0.422 e. The third kappa shape index (κ3) is 2.59. The molecule has 0 saturated heterocycles. The van der Waals surface area contributed by atoms with E-state index >= 15 is 0 Å². The van der Waals surface area contributed by atoms with Crippen LogP contribution in [-0.4, -0.2) is 0 Å². The first-order valence-corrected chi connectivity index (χ1v) is 6.80. The average Bonchev–Trinajstić information content (AvgIpc) is 2.16. The Morgan fingerprint density at radius 3 is 2.67 bits per heavy atom. The van der Waals surface area contributed by atoms with E-state index in [1.54, 1.807) is 6.07 Å². The van der Waals surface area contributed by atoms with Gasteiger partial charge in [-0.15, -0.1) is 0 Å². The second kappa shape index (κ2) is 3.97. The minimum atomic E-state index is -3.43. The Kier molecular flexibility index (Phi) is 2.83. The molecule has 0 unspecified atom stereocenters. The van der Waals surface area contributed by atoms with E-state index in [1.807, 2.05) is 6.07 Å². The van der Waals surface area contributed by atoms with Crippen molar-refractivity contribution >= 4 is 7.67 Å². The zero-order valence-corrected chi connectivity index (χ0v) is 9.37. The number of fused-ring (bicyclic) bond motifs is 1. The van der Waals surface area contributed by atoms with Gasteiger partial charge in [0.25, 0.3) is 0 Å². The molecule has 1 aliphatic rings. The highest BCUT2D eigenvalue weighted by molar-refractivity contribution is 7.54. The fourth-order valence-corrected chi connectivity index (χ4v) is 2.46. The molecule has 1 aromatic carbocycles. The maximum Gasteiger partial charge on any atom is 0.385 e. The lowest BCUT2D eigenvalue weighted by Gasteiger charge is -2.20. The highest BCUT2D eigenvalue weighted by Crippen LogP contribution is 2.36. The zero-order chi connectivity index (χ0) is 10.9. The first-order chi connectivity index (χ1) is 7.06. The van der Waals surface area contributed by atoms with Gasteiger partial charge in [0.1, 0.15) is 5.75 Å². The number of nitrogens with two attached hydrogens (primary N) is 2. The van der Waals surface area contributed by atoms with Crippen LogP contribution >= 0.6 is 7.67 Å². The maximum absolute atomic E-state index is 11.2. The van der Waals surface area contributed by atoms with Crippen molar-refractivity contribution in [1.82, 2.24) is 0 Å². The van der Waals surface area contributed by atoms with Gasteiger partial charge in [0, 0.05) is 0 Å². The Balaban J connectivity index is 2.35. The van der Waals surface area contributed by atoms with Gasteiger partial charge >= 0.3 is 7.67 Å². The lowest BCUT2D eigenvalue weighted by Crippen LogP contribution is -2.13. The van der Waals surface area contributed by atoms with Crippen LogP contribution in [0.4, 0.5) is 0 Å². The van der Waals surface area contributed by atoms with E-state index in [9.17, 15) is 4.57 Å². The van der Waals surface area contributed by atoms with Crippen molar-refractivity contribution in [2.75, 3.05) is 0 Å². The lowest BCUT2D eigenvalue weighted by molar-refractivity contribution is 0.478. The van der Waals surface area contributed by atoms with E-state index in [-0.39, 0.29) is 0 Å². The SMILES string of the molecule is NP(N)(=O)Oc1cccc2c1CCCC2. The number of aryl methyl sites for hydroxylation is 1. The molecular formula is C10H15N2O2P. The molecule has 0 fully saturated rings. The molecule has 0 aliphatic heterocycles. The van der Waals surface area contributed by atoms with Crippen LogP contribution in [0.25, 0.3) is 0 Å². The van der Waals surface area contributed by atoms with E-state index in [0.29, 0.717) is 5.75 Å².